The van der Waals surface area contributed by atoms with Crippen molar-refractivity contribution >= 4 is 27.5 Å². The Hall–Kier alpha value is -1.27. The van der Waals surface area contributed by atoms with Crippen molar-refractivity contribution in [2.45, 2.75) is 19.0 Å². The summed E-state index contributed by atoms with van der Waals surface area (Å²) in [5.41, 5.74) is 0.829. The van der Waals surface area contributed by atoms with Crippen molar-refractivity contribution in [1.82, 2.24) is 10.2 Å². The first-order valence-corrected chi connectivity index (χ1v) is 8.53. The molecule has 0 unspecified atom stereocenters. The SMILES string of the molecule is CN(C(=O)NCc1ccccc1Cl)[C@@H]1CCS(=O)(=O)C1. The van der Waals surface area contributed by atoms with Crippen LogP contribution in [0.3, 0.4) is 0 Å². The van der Waals surface area contributed by atoms with E-state index in [-0.39, 0.29) is 23.6 Å². The predicted octanol–water partition coefficient (Wildman–Crippen LogP) is 1.67. The molecule has 1 aliphatic rings. The van der Waals surface area contributed by atoms with Crippen molar-refractivity contribution in [3.05, 3.63) is 34.9 Å². The van der Waals surface area contributed by atoms with Gasteiger partial charge in [-0.15, -0.1) is 0 Å². The third-order valence-electron chi connectivity index (χ3n) is 3.46. The number of benzene rings is 1. The Morgan fingerprint density at radius 2 is 2.15 bits per heavy atom. The largest absolute Gasteiger partial charge is 0.334 e. The number of nitrogens with one attached hydrogen (secondary N) is 1. The number of amides is 2. The van der Waals surface area contributed by atoms with E-state index < -0.39 is 9.84 Å². The van der Waals surface area contributed by atoms with Gasteiger partial charge in [-0.25, -0.2) is 13.2 Å². The quantitative estimate of drug-likeness (QED) is 0.922. The molecule has 0 aromatic heterocycles. The second kappa shape index (κ2) is 6.01. The molecule has 1 N–H and O–H groups in total. The Morgan fingerprint density at radius 1 is 1.45 bits per heavy atom. The fraction of sp³-hybridized carbons (Fsp3) is 0.462. The molecule has 2 rings (SSSR count). The molecule has 110 valence electrons. The molecule has 1 atom stereocenters. The van der Waals surface area contributed by atoms with E-state index in [0.717, 1.165) is 5.56 Å². The molecule has 2 amide bonds. The van der Waals surface area contributed by atoms with Gasteiger partial charge in [0.1, 0.15) is 0 Å². The molecular weight excluding hydrogens is 300 g/mol. The van der Waals surface area contributed by atoms with Crippen molar-refractivity contribution in [2.24, 2.45) is 0 Å². The molecule has 0 radical (unpaired) electrons. The lowest BCUT2D eigenvalue weighted by molar-refractivity contribution is 0.194. The van der Waals surface area contributed by atoms with Crippen LogP contribution in [-0.2, 0) is 16.4 Å². The van der Waals surface area contributed by atoms with Crippen LogP contribution < -0.4 is 5.32 Å². The molecule has 0 spiro atoms. The van der Waals surface area contributed by atoms with Crippen LogP contribution in [0.1, 0.15) is 12.0 Å². The summed E-state index contributed by atoms with van der Waals surface area (Å²) in [5, 5.41) is 3.35. The van der Waals surface area contributed by atoms with E-state index in [2.05, 4.69) is 5.32 Å². The van der Waals surface area contributed by atoms with Gasteiger partial charge in [-0.1, -0.05) is 29.8 Å². The molecule has 1 aromatic carbocycles. The Balaban J connectivity index is 1.91. The number of urea groups is 1. The van der Waals surface area contributed by atoms with Gasteiger partial charge in [-0.05, 0) is 18.1 Å². The number of carbonyl (C=O) groups excluding carboxylic acids is 1. The summed E-state index contributed by atoms with van der Waals surface area (Å²) >= 11 is 6.01. The molecule has 7 heteroatoms. The highest BCUT2D eigenvalue weighted by Gasteiger charge is 2.32. The molecule has 5 nitrogen and oxygen atoms in total. The van der Waals surface area contributed by atoms with E-state index in [9.17, 15) is 13.2 Å². The second-order valence-electron chi connectivity index (χ2n) is 4.92. The van der Waals surface area contributed by atoms with E-state index in [4.69, 9.17) is 11.6 Å². The number of sulfone groups is 1. The number of carbonyl (C=O) groups is 1. The lowest BCUT2D eigenvalue weighted by Crippen LogP contribution is -2.43. The van der Waals surface area contributed by atoms with Crippen LogP contribution in [0, 0.1) is 0 Å². The first kappa shape index (κ1) is 15.1. The van der Waals surface area contributed by atoms with Gasteiger partial charge < -0.3 is 10.2 Å². The van der Waals surface area contributed by atoms with Crippen molar-refractivity contribution in [3.8, 4) is 0 Å². The minimum Gasteiger partial charge on any atom is -0.334 e. The van der Waals surface area contributed by atoms with Gasteiger partial charge >= 0.3 is 6.03 Å². The Bertz CT molecular complexity index is 603. The maximum atomic E-state index is 12.0. The molecule has 1 heterocycles. The van der Waals surface area contributed by atoms with Gasteiger partial charge in [-0.3, -0.25) is 0 Å². The van der Waals surface area contributed by atoms with Crippen molar-refractivity contribution in [3.63, 3.8) is 0 Å². The highest BCUT2D eigenvalue weighted by atomic mass is 35.5. The highest BCUT2D eigenvalue weighted by Crippen LogP contribution is 2.17. The molecule has 0 saturated carbocycles. The van der Waals surface area contributed by atoms with Gasteiger partial charge in [-0.2, -0.15) is 0 Å². The minimum absolute atomic E-state index is 0.0447. The maximum Gasteiger partial charge on any atom is 0.317 e. The molecular formula is C13H17ClN2O3S. The van der Waals surface area contributed by atoms with Gasteiger partial charge in [0.2, 0.25) is 0 Å². The Labute approximate surface area is 123 Å². The zero-order valence-corrected chi connectivity index (χ0v) is 12.7. The zero-order chi connectivity index (χ0) is 14.8. The number of rotatable bonds is 3. The van der Waals surface area contributed by atoms with Crippen LogP contribution in [0.25, 0.3) is 0 Å². The molecule has 1 saturated heterocycles. The molecule has 0 aliphatic carbocycles. The number of nitrogens with zero attached hydrogens (tertiary/aromatic N) is 1. The average molecular weight is 317 g/mol. The van der Waals surface area contributed by atoms with Gasteiger partial charge in [0.25, 0.3) is 0 Å². The average Bonchev–Trinajstić information content (AvgIpc) is 2.77. The van der Waals surface area contributed by atoms with Gasteiger partial charge in [0.15, 0.2) is 9.84 Å². The number of hydrogen-bond donors (Lipinski definition) is 1. The Kier molecular flexibility index (Phi) is 4.55. The van der Waals surface area contributed by atoms with Crippen LogP contribution >= 0.6 is 11.6 Å². The van der Waals surface area contributed by atoms with Crippen molar-refractivity contribution < 1.29 is 13.2 Å². The number of halogens is 1. The second-order valence-corrected chi connectivity index (χ2v) is 7.55. The highest BCUT2D eigenvalue weighted by molar-refractivity contribution is 7.91. The maximum absolute atomic E-state index is 12.0. The molecule has 1 fully saturated rings. The molecule has 1 aromatic rings. The monoisotopic (exact) mass is 316 g/mol. The third-order valence-corrected chi connectivity index (χ3v) is 5.58. The zero-order valence-electron chi connectivity index (χ0n) is 11.2. The lowest BCUT2D eigenvalue weighted by Gasteiger charge is -2.23. The minimum atomic E-state index is -2.99. The van der Waals surface area contributed by atoms with E-state index in [1.807, 2.05) is 18.2 Å². The van der Waals surface area contributed by atoms with Crippen molar-refractivity contribution in [2.75, 3.05) is 18.6 Å². The van der Waals surface area contributed by atoms with E-state index in [0.29, 0.717) is 18.0 Å². The van der Waals surface area contributed by atoms with E-state index in [1.54, 1.807) is 13.1 Å². The summed E-state index contributed by atoms with van der Waals surface area (Å²) in [4.78, 5) is 13.5. The van der Waals surface area contributed by atoms with Gasteiger partial charge in [0, 0.05) is 24.7 Å². The van der Waals surface area contributed by atoms with E-state index in [1.165, 1.54) is 4.90 Å². The standard InChI is InChI=1S/C13H17ClN2O3S/c1-16(11-6-7-20(18,19)9-11)13(17)15-8-10-4-2-3-5-12(10)14/h2-5,11H,6-9H2,1H3,(H,15,17)/t11-/m1/s1. The first-order valence-electron chi connectivity index (χ1n) is 6.33. The van der Waals surface area contributed by atoms with E-state index >= 15 is 0 Å². The molecule has 20 heavy (non-hydrogen) atoms. The fourth-order valence-corrected chi connectivity index (χ4v) is 4.16. The van der Waals surface area contributed by atoms with Crippen LogP contribution in [0.5, 0.6) is 0 Å². The van der Waals surface area contributed by atoms with Crippen LogP contribution in [0.4, 0.5) is 4.79 Å². The third kappa shape index (κ3) is 3.64. The summed E-state index contributed by atoms with van der Waals surface area (Å²) in [6.45, 7) is 0.322. The number of hydrogen-bond acceptors (Lipinski definition) is 3. The van der Waals surface area contributed by atoms with Crippen LogP contribution in [0.15, 0.2) is 24.3 Å². The smallest absolute Gasteiger partial charge is 0.317 e. The summed E-state index contributed by atoms with van der Waals surface area (Å²) in [6.07, 6.45) is 0.498. The summed E-state index contributed by atoms with van der Waals surface area (Å²) < 4.78 is 22.8. The first-order chi connectivity index (χ1) is 9.39. The van der Waals surface area contributed by atoms with Crippen LogP contribution in [-0.4, -0.2) is 43.9 Å². The molecule has 0 bridgehead atoms. The Morgan fingerprint density at radius 3 is 2.75 bits per heavy atom. The van der Waals surface area contributed by atoms with Gasteiger partial charge in [0.05, 0.1) is 11.5 Å². The normalized spacial score (nSPS) is 20.6. The summed E-state index contributed by atoms with van der Waals surface area (Å²) in [7, 11) is -1.37. The molecule has 1 aliphatic heterocycles. The van der Waals surface area contributed by atoms with Crippen molar-refractivity contribution in [1.29, 1.82) is 0 Å². The summed E-state index contributed by atoms with van der Waals surface area (Å²) in [6, 6.07) is 6.74. The van der Waals surface area contributed by atoms with Crippen LogP contribution in [0.2, 0.25) is 5.02 Å². The topological polar surface area (TPSA) is 66.5 Å². The summed E-state index contributed by atoms with van der Waals surface area (Å²) in [5.74, 6) is 0.197. The predicted molar refractivity (Wildman–Crippen MR) is 78.5 cm³/mol. The fourth-order valence-electron chi connectivity index (χ4n) is 2.18. The lowest BCUT2D eigenvalue weighted by atomic mass is 10.2.